The van der Waals surface area contributed by atoms with E-state index in [1.165, 1.54) is 22.1 Å². The molecule has 0 radical (unpaired) electrons. The number of nitrogens with zero attached hydrogens (tertiary/aromatic N) is 3. The number of aromatic nitrogens is 2. The summed E-state index contributed by atoms with van der Waals surface area (Å²) in [5.41, 5.74) is 4.85. The molecular formula is C19H22N4. The standard InChI is InChI=1S/C19H22N4/c1-22-9-11-23(12-10-22)14-15-3-2-4-16(13-15)17-5-7-20-19-18(17)6-8-21-19/h2-8,13H,9-12,14H2,1H3,(H,20,21). The summed E-state index contributed by atoms with van der Waals surface area (Å²) < 4.78 is 0. The molecule has 1 saturated heterocycles. The number of hydrogen-bond acceptors (Lipinski definition) is 3. The molecule has 1 N–H and O–H groups in total. The zero-order chi connectivity index (χ0) is 15.6. The Balaban J connectivity index is 1.60. The van der Waals surface area contributed by atoms with Crippen molar-refractivity contribution < 1.29 is 0 Å². The Labute approximate surface area is 136 Å². The predicted molar refractivity (Wildman–Crippen MR) is 94.3 cm³/mol. The average Bonchev–Trinajstić information content (AvgIpc) is 3.06. The smallest absolute Gasteiger partial charge is 0.137 e. The van der Waals surface area contributed by atoms with Crippen LogP contribution in [0.5, 0.6) is 0 Å². The molecule has 0 saturated carbocycles. The minimum atomic E-state index is 0.951. The fraction of sp³-hybridized carbons (Fsp3) is 0.316. The highest BCUT2D eigenvalue weighted by Crippen LogP contribution is 2.27. The van der Waals surface area contributed by atoms with Gasteiger partial charge in [-0.15, -0.1) is 0 Å². The molecule has 23 heavy (non-hydrogen) atoms. The number of aromatic amines is 1. The fourth-order valence-corrected chi connectivity index (χ4v) is 3.31. The van der Waals surface area contributed by atoms with E-state index in [0.29, 0.717) is 0 Å². The van der Waals surface area contributed by atoms with Crippen molar-refractivity contribution in [1.29, 1.82) is 0 Å². The van der Waals surface area contributed by atoms with Gasteiger partial charge in [-0.3, -0.25) is 4.90 Å². The van der Waals surface area contributed by atoms with Crippen molar-refractivity contribution >= 4 is 11.0 Å². The Kier molecular flexibility index (Phi) is 3.85. The monoisotopic (exact) mass is 306 g/mol. The summed E-state index contributed by atoms with van der Waals surface area (Å²) in [6.45, 7) is 5.65. The minimum Gasteiger partial charge on any atom is -0.346 e. The molecule has 0 amide bonds. The molecular weight excluding hydrogens is 284 g/mol. The molecule has 3 aromatic rings. The van der Waals surface area contributed by atoms with E-state index < -0.39 is 0 Å². The molecule has 4 nitrogen and oxygen atoms in total. The van der Waals surface area contributed by atoms with Crippen LogP contribution in [0.4, 0.5) is 0 Å². The van der Waals surface area contributed by atoms with E-state index in [4.69, 9.17) is 0 Å². The van der Waals surface area contributed by atoms with E-state index in [-0.39, 0.29) is 0 Å². The van der Waals surface area contributed by atoms with Crippen LogP contribution in [0.1, 0.15) is 5.56 Å². The van der Waals surface area contributed by atoms with E-state index in [1.54, 1.807) is 0 Å². The summed E-state index contributed by atoms with van der Waals surface area (Å²) >= 11 is 0. The molecule has 0 atom stereocenters. The highest BCUT2D eigenvalue weighted by atomic mass is 15.2. The third-order valence-corrected chi connectivity index (χ3v) is 4.70. The quantitative estimate of drug-likeness (QED) is 0.808. The second-order valence-electron chi connectivity index (χ2n) is 6.38. The Bertz CT molecular complexity index is 800. The van der Waals surface area contributed by atoms with Gasteiger partial charge in [-0.05, 0) is 41.9 Å². The molecule has 4 rings (SSSR count). The minimum absolute atomic E-state index is 0.951. The van der Waals surface area contributed by atoms with Gasteiger partial charge in [0, 0.05) is 50.5 Å². The van der Waals surface area contributed by atoms with Gasteiger partial charge in [0.1, 0.15) is 5.65 Å². The Morgan fingerprint density at radius 1 is 1.09 bits per heavy atom. The molecule has 3 heterocycles. The first-order valence-corrected chi connectivity index (χ1v) is 8.22. The second kappa shape index (κ2) is 6.14. The lowest BCUT2D eigenvalue weighted by atomic mass is 10.0. The number of pyridine rings is 1. The SMILES string of the molecule is CN1CCN(Cc2cccc(-c3ccnc4[nH]ccc34)c2)CC1. The lowest BCUT2D eigenvalue weighted by molar-refractivity contribution is 0.148. The van der Waals surface area contributed by atoms with Crippen LogP contribution in [-0.2, 0) is 6.54 Å². The van der Waals surface area contributed by atoms with Gasteiger partial charge in [-0.25, -0.2) is 4.98 Å². The molecule has 0 bridgehead atoms. The maximum Gasteiger partial charge on any atom is 0.137 e. The molecule has 4 heteroatoms. The first-order valence-electron chi connectivity index (χ1n) is 8.22. The van der Waals surface area contributed by atoms with Crippen LogP contribution in [0.3, 0.4) is 0 Å². The third kappa shape index (κ3) is 3.00. The summed E-state index contributed by atoms with van der Waals surface area (Å²) in [6, 6.07) is 13.1. The highest BCUT2D eigenvalue weighted by molar-refractivity contribution is 5.92. The van der Waals surface area contributed by atoms with Crippen LogP contribution in [0.25, 0.3) is 22.2 Å². The van der Waals surface area contributed by atoms with Crippen molar-refractivity contribution in [1.82, 2.24) is 19.8 Å². The number of hydrogen-bond donors (Lipinski definition) is 1. The normalized spacial score (nSPS) is 16.9. The molecule has 1 aliphatic heterocycles. The highest BCUT2D eigenvalue weighted by Gasteiger charge is 2.14. The number of fused-ring (bicyclic) bond motifs is 1. The van der Waals surface area contributed by atoms with Crippen LogP contribution < -0.4 is 0 Å². The summed E-state index contributed by atoms with van der Waals surface area (Å²) in [6.07, 6.45) is 3.83. The fourth-order valence-electron chi connectivity index (χ4n) is 3.31. The van der Waals surface area contributed by atoms with Crippen molar-refractivity contribution in [2.75, 3.05) is 33.2 Å². The van der Waals surface area contributed by atoms with Crippen molar-refractivity contribution in [3.05, 3.63) is 54.4 Å². The zero-order valence-electron chi connectivity index (χ0n) is 13.5. The molecule has 118 valence electrons. The van der Waals surface area contributed by atoms with Crippen LogP contribution in [0.15, 0.2) is 48.8 Å². The molecule has 0 spiro atoms. The van der Waals surface area contributed by atoms with E-state index in [9.17, 15) is 0 Å². The second-order valence-corrected chi connectivity index (χ2v) is 6.38. The van der Waals surface area contributed by atoms with Crippen molar-refractivity contribution in [3.63, 3.8) is 0 Å². The first-order chi connectivity index (χ1) is 11.3. The molecule has 2 aromatic heterocycles. The maximum atomic E-state index is 4.38. The number of H-pyrrole nitrogens is 1. The van der Waals surface area contributed by atoms with E-state index in [1.807, 2.05) is 12.4 Å². The largest absolute Gasteiger partial charge is 0.346 e. The zero-order valence-corrected chi connectivity index (χ0v) is 13.5. The summed E-state index contributed by atoms with van der Waals surface area (Å²) in [4.78, 5) is 12.5. The number of likely N-dealkylation sites (N-methyl/N-ethyl adjacent to an activating group) is 1. The van der Waals surface area contributed by atoms with Crippen molar-refractivity contribution in [2.24, 2.45) is 0 Å². The lowest BCUT2D eigenvalue weighted by Gasteiger charge is -2.32. The lowest BCUT2D eigenvalue weighted by Crippen LogP contribution is -2.43. The van der Waals surface area contributed by atoms with Crippen molar-refractivity contribution in [3.8, 4) is 11.1 Å². The molecule has 1 aliphatic rings. The summed E-state index contributed by atoms with van der Waals surface area (Å²) in [5.74, 6) is 0. The van der Waals surface area contributed by atoms with E-state index in [0.717, 1.165) is 38.4 Å². The van der Waals surface area contributed by atoms with Crippen LogP contribution in [0, 0.1) is 0 Å². The van der Waals surface area contributed by atoms with Gasteiger partial charge < -0.3 is 9.88 Å². The molecule has 1 fully saturated rings. The van der Waals surface area contributed by atoms with Crippen molar-refractivity contribution in [2.45, 2.75) is 6.54 Å². The van der Waals surface area contributed by atoms with Gasteiger partial charge >= 0.3 is 0 Å². The topological polar surface area (TPSA) is 35.2 Å². The Morgan fingerprint density at radius 2 is 1.96 bits per heavy atom. The van der Waals surface area contributed by atoms with Gasteiger partial charge in [0.05, 0.1) is 0 Å². The first kappa shape index (κ1) is 14.4. The van der Waals surface area contributed by atoms with Gasteiger partial charge in [-0.1, -0.05) is 18.2 Å². The third-order valence-electron chi connectivity index (χ3n) is 4.70. The molecule has 0 aliphatic carbocycles. The average molecular weight is 306 g/mol. The van der Waals surface area contributed by atoms with E-state index >= 15 is 0 Å². The Hall–Kier alpha value is -2.17. The summed E-state index contributed by atoms with van der Waals surface area (Å²) in [7, 11) is 2.20. The summed E-state index contributed by atoms with van der Waals surface area (Å²) in [5, 5.41) is 1.18. The van der Waals surface area contributed by atoms with Gasteiger partial charge in [0.25, 0.3) is 0 Å². The van der Waals surface area contributed by atoms with Gasteiger partial charge in [0.2, 0.25) is 0 Å². The number of piperazine rings is 1. The van der Waals surface area contributed by atoms with E-state index in [2.05, 4.69) is 63.2 Å². The predicted octanol–water partition coefficient (Wildman–Crippen LogP) is 2.98. The van der Waals surface area contributed by atoms with Gasteiger partial charge in [-0.2, -0.15) is 0 Å². The number of rotatable bonds is 3. The number of benzene rings is 1. The Morgan fingerprint density at radius 3 is 2.83 bits per heavy atom. The molecule has 0 unspecified atom stereocenters. The maximum absolute atomic E-state index is 4.38. The van der Waals surface area contributed by atoms with Crippen LogP contribution in [-0.4, -0.2) is 53.0 Å². The molecule has 1 aromatic carbocycles. The number of nitrogens with one attached hydrogen (secondary N) is 1. The van der Waals surface area contributed by atoms with Crippen LogP contribution >= 0.6 is 0 Å². The van der Waals surface area contributed by atoms with Gasteiger partial charge in [0.15, 0.2) is 0 Å². The van der Waals surface area contributed by atoms with Crippen LogP contribution in [0.2, 0.25) is 0 Å².